The minimum atomic E-state index is 0.492. The van der Waals surface area contributed by atoms with Crippen LogP contribution in [0.5, 0.6) is 0 Å². The van der Waals surface area contributed by atoms with E-state index in [2.05, 4.69) is 35.1 Å². The predicted molar refractivity (Wildman–Crippen MR) is 91.1 cm³/mol. The Kier molecular flexibility index (Phi) is 6.48. The van der Waals surface area contributed by atoms with Crippen molar-refractivity contribution in [1.82, 2.24) is 9.88 Å². The second kappa shape index (κ2) is 8.36. The molecule has 1 atom stereocenters. The average Bonchev–Trinajstić information content (AvgIpc) is 3.06. The summed E-state index contributed by atoms with van der Waals surface area (Å²) in [7, 11) is 0. The third-order valence-corrected chi connectivity index (χ3v) is 4.94. The first kappa shape index (κ1) is 17.1. The molecule has 22 heavy (non-hydrogen) atoms. The molecule has 0 aliphatic carbocycles. The number of halogens is 1. The molecule has 2 rings (SSSR count). The van der Waals surface area contributed by atoms with E-state index in [0.717, 1.165) is 6.54 Å². The molecule has 1 aliphatic rings. The van der Waals surface area contributed by atoms with Gasteiger partial charge in [-0.05, 0) is 37.9 Å². The molecule has 0 amide bonds. The Morgan fingerprint density at radius 3 is 2.59 bits per heavy atom. The van der Waals surface area contributed by atoms with Gasteiger partial charge in [0.25, 0.3) is 0 Å². The standard InChI is InChI=1S/C17H25ClN4/c1-3-14(4-2)16(22-7-5-6-8-22)12-21-17-15(18)9-13(10-19)11-20-17/h9,11,14,16H,3-8,12H2,1-2H3,(H,20,21). The Morgan fingerprint density at radius 1 is 1.36 bits per heavy atom. The smallest absolute Gasteiger partial charge is 0.144 e. The fourth-order valence-electron chi connectivity index (χ4n) is 3.33. The number of nitrogens with zero attached hydrogens (tertiary/aromatic N) is 3. The number of pyridine rings is 1. The van der Waals surface area contributed by atoms with E-state index in [1.54, 1.807) is 12.3 Å². The van der Waals surface area contributed by atoms with Crippen molar-refractivity contribution >= 4 is 17.4 Å². The Morgan fingerprint density at radius 2 is 2.05 bits per heavy atom. The molecule has 0 spiro atoms. The molecule has 1 aromatic rings. The first-order chi connectivity index (χ1) is 10.7. The first-order valence-electron chi connectivity index (χ1n) is 8.23. The van der Waals surface area contributed by atoms with Crippen LogP contribution >= 0.6 is 11.6 Å². The average molecular weight is 321 g/mol. The van der Waals surface area contributed by atoms with Gasteiger partial charge in [0, 0.05) is 18.8 Å². The molecular formula is C17H25ClN4. The molecule has 1 aliphatic heterocycles. The zero-order chi connectivity index (χ0) is 15.9. The van der Waals surface area contributed by atoms with Gasteiger partial charge in [0.2, 0.25) is 0 Å². The molecule has 1 unspecified atom stereocenters. The summed E-state index contributed by atoms with van der Waals surface area (Å²) >= 11 is 6.21. The highest BCUT2D eigenvalue weighted by Crippen LogP contribution is 2.25. The van der Waals surface area contributed by atoms with Crippen LogP contribution in [0.25, 0.3) is 0 Å². The topological polar surface area (TPSA) is 52.0 Å². The number of likely N-dealkylation sites (tertiary alicyclic amines) is 1. The zero-order valence-corrected chi connectivity index (χ0v) is 14.2. The molecule has 2 heterocycles. The monoisotopic (exact) mass is 320 g/mol. The molecule has 1 aromatic heterocycles. The van der Waals surface area contributed by atoms with Crippen molar-refractivity contribution in [3.05, 3.63) is 22.8 Å². The van der Waals surface area contributed by atoms with E-state index in [4.69, 9.17) is 16.9 Å². The second-order valence-corrected chi connectivity index (χ2v) is 6.34. The van der Waals surface area contributed by atoms with Crippen LogP contribution in [-0.4, -0.2) is 35.6 Å². The molecule has 0 bridgehead atoms. The molecule has 0 saturated carbocycles. The van der Waals surface area contributed by atoms with Crippen LogP contribution in [0.15, 0.2) is 12.3 Å². The molecule has 4 nitrogen and oxygen atoms in total. The van der Waals surface area contributed by atoms with Gasteiger partial charge in [-0.2, -0.15) is 5.26 Å². The maximum absolute atomic E-state index is 8.88. The summed E-state index contributed by atoms with van der Waals surface area (Å²) in [5, 5.41) is 12.8. The maximum Gasteiger partial charge on any atom is 0.144 e. The number of anilines is 1. The van der Waals surface area contributed by atoms with Crippen molar-refractivity contribution in [2.45, 2.75) is 45.6 Å². The molecule has 1 fully saturated rings. The van der Waals surface area contributed by atoms with E-state index in [-0.39, 0.29) is 0 Å². The molecule has 0 radical (unpaired) electrons. The van der Waals surface area contributed by atoms with Crippen LogP contribution in [0.1, 0.15) is 45.1 Å². The van der Waals surface area contributed by atoms with Gasteiger partial charge in [-0.3, -0.25) is 4.90 Å². The van der Waals surface area contributed by atoms with Gasteiger partial charge in [-0.25, -0.2) is 4.98 Å². The quantitative estimate of drug-likeness (QED) is 0.827. The Bertz CT molecular complexity index is 514. The van der Waals surface area contributed by atoms with Gasteiger partial charge >= 0.3 is 0 Å². The summed E-state index contributed by atoms with van der Waals surface area (Å²) in [4.78, 5) is 6.87. The lowest BCUT2D eigenvalue weighted by Crippen LogP contribution is -2.43. The van der Waals surface area contributed by atoms with Crippen molar-refractivity contribution in [3.63, 3.8) is 0 Å². The van der Waals surface area contributed by atoms with Crippen molar-refractivity contribution < 1.29 is 0 Å². The van der Waals surface area contributed by atoms with E-state index in [1.165, 1.54) is 38.8 Å². The summed E-state index contributed by atoms with van der Waals surface area (Å²) in [6, 6.07) is 4.24. The third kappa shape index (κ3) is 4.12. The molecule has 1 N–H and O–H groups in total. The fraction of sp³-hybridized carbons (Fsp3) is 0.647. The van der Waals surface area contributed by atoms with E-state index in [0.29, 0.717) is 28.4 Å². The highest BCUT2D eigenvalue weighted by molar-refractivity contribution is 6.33. The highest BCUT2D eigenvalue weighted by atomic mass is 35.5. The summed E-state index contributed by atoms with van der Waals surface area (Å²) in [6.07, 6.45) is 6.54. The summed E-state index contributed by atoms with van der Waals surface area (Å²) in [5.74, 6) is 1.36. The number of aromatic nitrogens is 1. The van der Waals surface area contributed by atoms with Gasteiger partial charge in [-0.1, -0.05) is 38.3 Å². The van der Waals surface area contributed by atoms with Gasteiger partial charge < -0.3 is 5.32 Å². The Labute approximate surface area is 138 Å². The zero-order valence-electron chi connectivity index (χ0n) is 13.5. The number of hydrogen-bond donors (Lipinski definition) is 1. The molecule has 0 aromatic carbocycles. The largest absolute Gasteiger partial charge is 0.367 e. The minimum absolute atomic E-state index is 0.492. The van der Waals surface area contributed by atoms with E-state index in [1.807, 2.05) is 0 Å². The van der Waals surface area contributed by atoms with Crippen LogP contribution in [0, 0.1) is 17.2 Å². The predicted octanol–water partition coefficient (Wildman–Crippen LogP) is 3.92. The van der Waals surface area contributed by atoms with Crippen molar-refractivity contribution in [2.75, 3.05) is 25.0 Å². The number of nitriles is 1. The first-order valence-corrected chi connectivity index (χ1v) is 8.60. The molecule has 1 saturated heterocycles. The lowest BCUT2D eigenvalue weighted by Gasteiger charge is -2.34. The van der Waals surface area contributed by atoms with Crippen molar-refractivity contribution in [3.8, 4) is 6.07 Å². The van der Waals surface area contributed by atoms with Gasteiger partial charge in [0.15, 0.2) is 0 Å². The van der Waals surface area contributed by atoms with Gasteiger partial charge in [-0.15, -0.1) is 0 Å². The summed E-state index contributed by atoms with van der Waals surface area (Å²) in [5.41, 5.74) is 0.492. The number of rotatable bonds is 7. The van der Waals surface area contributed by atoms with Gasteiger partial charge in [0.1, 0.15) is 11.9 Å². The number of nitrogens with one attached hydrogen (secondary N) is 1. The fourth-order valence-corrected chi connectivity index (χ4v) is 3.56. The lowest BCUT2D eigenvalue weighted by molar-refractivity contribution is 0.175. The molecular weight excluding hydrogens is 296 g/mol. The van der Waals surface area contributed by atoms with Crippen molar-refractivity contribution in [1.29, 1.82) is 5.26 Å². The highest BCUT2D eigenvalue weighted by Gasteiger charge is 2.27. The van der Waals surface area contributed by atoms with E-state index >= 15 is 0 Å². The van der Waals surface area contributed by atoms with Crippen molar-refractivity contribution in [2.24, 2.45) is 5.92 Å². The molecule has 5 heteroatoms. The van der Waals surface area contributed by atoms with Gasteiger partial charge in [0.05, 0.1) is 10.6 Å². The summed E-state index contributed by atoms with van der Waals surface area (Å²) < 4.78 is 0. The normalized spacial score (nSPS) is 16.7. The third-order valence-electron chi connectivity index (χ3n) is 4.65. The Balaban J connectivity index is 2.05. The molecule has 120 valence electrons. The summed E-state index contributed by atoms with van der Waals surface area (Å²) in [6.45, 7) is 7.77. The maximum atomic E-state index is 8.88. The van der Waals surface area contributed by atoms with Crippen LogP contribution in [-0.2, 0) is 0 Å². The Hall–Kier alpha value is -1.31. The lowest BCUT2D eigenvalue weighted by atomic mass is 9.93. The van der Waals surface area contributed by atoms with E-state index in [9.17, 15) is 0 Å². The van der Waals surface area contributed by atoms with Crippen LogP contribution in [0.4, 0.5) is 5.82 Å². The SMILES string of the molecule is CCC(CC)C(CNc1ncc(C#N)cc1Cl)N1CCCC1. The van der Waals surface area contributed by atoms with E-state index < -0.39 is 0 Å². The number of hydrogen-bond acceptors (Lipinski definition) is 4. The minimum Gasteiger partial charge on any atom is -0.367 e. The van der Waals surface area contributed by atoms with Crippen LogP contribution in [0.3, 0.4) is 0 Å². The van der Waals surface area contributed by atoms with Crippen LogP contribution < -0.4 is 5.32 Å². The second-order valence-electron chi connectivity index (χ2n) is 5.93. The van der Waals surface area contributed by atoms with Crippen LogP contribution in [0.2, 0.25) is 5.02 Å².